The van der Waals surface area contributed by atoms with Crippen molar-refractivity contribution in [2.24, 2.45) is 39.4 Å². The van der Waals surface area contributed by atoms with Crippen LogP contribution in [0.4, 0.5) is 0 Å². The third-order valence-corrected chi connectivity index (χ3v) is 21.8. The van der Waals surface area contributed by atoms with Gasteiger partial charge in [-0.2, -0.15) is 8.42 Å². The number of H-pyrrole nitrogens is 1. The van der Waals surface area contributed by atoms with E-state index in [1.807, 2.05) is 0 Å². The Morgan fingerprint density at radius 2 is 1.40 bits per heavy atom. The van der Waals surface area contributed by atoms with Crippen LogP contribution in [-0.4, -0.2) is 256 Å². The SMILES string of the molecule is CCC(C)(C)C(NC(=O)C(NC(=O)C1CCCN1C(=O)C(Cc1ccc(Br)cc1)NC(=O)C(C)NC=O)C(C)C)C(=O)NC(Cc1c[nH]c2ccccc12)C(=O)NC(CCCN=C(N)N)C(=O)NC(CS(=O)(=O)O)C(=O)NC1C(=O)N(C)C(CCC(N)=O)C(=O)NC(C(C)C)C(=O)N2CCCC2C(=O)NC(CC(=O)O)C(=O)OC1C. The van der Waals surface area contributed by atoms with Crippen LogP contribution in [0.15, 0.2) is 64.2 Å². The molecule has 3 fully saturated rings. The highest BCUT2D eigenvalue weighted by molar-refractivity contribution is 9.10. The van der Waals surface area contributed by atoms with Crippen molar-refractivity contribution in [3.63, 3.8) is 0 Å². The zero-order chi connectivity index (χ0) is 85.7. The average molecular weight is 1700 g/mol. The summed E-state index contributed by atoms with van der Waals surface area (Å²) in [6.07, 6.45) is -2.36. The van der Waals surface area contributed by atoms with Crippen molar-refractivity contribution >= 4 is 138 Å². The molecular weight excluding hydrogens is 1590 g/mol. The Kier molecular flexibility index (Phi) is 34.0. The lowest BCUT2D eigenvalue weighted by atomic mass is 9.80. The monoisotopic (exact) mass is 1690 g/mol. The second-order valence-corrected chi connectivity index (χ2v) is 32.6. The molecule has 115 heavy (non-hydrogen) atoms. The molecule has 3 saturated heterocycles. The molecule has 0 spiro atoms. The van der Waals surface area contributed by atoms with Gasteiger partial charge in [-0.15, -0.1) is 0 Å². The molecule has 0 radical (unpaired) electrons. The fourth-order valence-corrected chi connectivity index (χ4v) is 14.5. The van der Waals surface area contributed by atoms with Crippen LogP contribution < -0.4 is 70.4 Å². The molecule has 41 heteroatoms. The molecule has 14 atom stereocenters. The number of cyclic esters (lactones) is 1. The Morgan fingerprint density at radius 1 is 0.765 bits per heavy atom. The van der Waals surface area contributed by atoms with Gasteiger partial charge in [0.15, 0.2) is 5.96 Å². The van der Waals surface area contributed by atoms with Crippen LogP contribution in [-0.2, 0) is 104 Å². The van der Waals surface area contributed by atoms with Gasteiger partial charge in [0.2, 0.25) is 83.2 Å². The molecule has 2 aromatic carbocycles. The van der Waals surface area contributed by atoms with E-state index in [9.17, 15) is 75.6 Å². The minimum Gasteiger partial charge on any atom is -0.481 e. The van der Waals surface area contributed by atoms with E-state index < -0.39 is 238 Å². The summed E-state index contributed by atoms with van der Waals surface area (Å²) in [4.78, 5) is 236. The number of carboxylic acids is 1. The number of guanidine groups is 1. The molecule has 4 heterocycles. The number of primary amides is 1. The number of likely N-dealkylation sites (tertiary alicyclic amines) is 1. The summed E-state index contributed by atoms with van der Waals surface area (Å²) in [5, 5.41) is 35.8. The van der Waals surface area contributed by atoms with Crippen molar-refractivity contribution in [1.29, 1.82) is 0 Å². The number of nitrogens with zero attached hydrogens (tertiary/aromatic N) is 4. The number of halogens is 1. The summed E-state index contributed by atoms with van der Waals surface area (Å²) >= 11 is 3.39. The number of hydrogen-bond acceptors (Lipinski definition) is 20. The number of carboxylic acid groups (broad SMARTS) is 1. The van der Waals surface area contributed by atoms with Crippen molar-refractivity contribution in [2.75, 3.05) is 32.4 Å². The molecule has 39 nitrogen and oxygen atoms in total. The number of benzene rings is 2. The lowest BCUT2D eigenvalue weighted by molar-refractivity contribution is -0.161. The number of aromatic amines is 1. The predicted molar refractivity (Wildman–Crippen MR) is 418 cm³/mol. The van der Waals surface area contributed by atoms with E-state index in [1.54, 1.807) is 103 Å². The Hall–Kier alpha value is -10.8. The van der Waals surface area contributed by atoms with Crippen LogP contribution in [0.2, 0.25) is 0 Å². The first-order valence-electron chi connectivity index (χ1n) is 37.8. The number of para-hydroxylation sites is 1. The molecule has 14 unspecified atom stereocenters. The first kappa shape index (κ1) is 93.0. The van der Waals surface area contributed by atoms with E-state index in [0.717, 1.165) is 23.3 Å². The van der Waals surface area contributed by atoms with E-state index in [2.05, 4.69) is 79.1 Å². The highest BCUT2D eigenvalue weighted by Gasteiger charge is 2.47. The van der Waals surface area contributed by atoms with Gasteiger partial charge in [-0.05, 0) is 112 Å². The van der Waals surface area contributed by atoms with Gasteiger partial charge < -0.3 is 99.9 Å². The van der Waals surface area contributed by atoms with E-state index in [-0.39, 0.29) is 64.6 Å². The number of nitrogens with two attached hydrogens (primary N) is 3. The summed E-state index contributed by atoms with van der Waals surface area (Å²) in [5.74, 6) is -19.8. The number of fused-ring (bicyclic) bond motifs is 2. The number of aliphatic imine (C=N–C) groups is 1. The number of likely N-dealkylation sites (N-methyl/N-ethyl adjacent to an activating group) is 1. The molecule has 3 aliphatic rings. The van der Waals surface area contributed by atoms with Gasteiger partial charge in [-0.3, -0.25) is 81.5 Å². The van der Waals surface area contributed by atoms with Crippen molar-refractivity contribution in [3.8, 4) is 0 Å². The van der Waals surface area contributed by atoms with Crippen LogP contribution >= 0.6 is 15.9 Å². The van der Waals surface area contributed by atoms with Crippen molar-refractivity contribution in [1.82, 2.24) is 72.9 Å². The molecular formula is C74H107BrN18O21S. The summed E-state index contributed by atoms with van der Waals surface area (Å²) < 4.78 is 42.8. The first-order chi connectivity index (χ1) is 54.0. The Labute approximate surface area is 673 Å². The minimum atomic E-state index is -5.41. The smallest absolute Gasteiger partial charge is 0.329 e. The molecule has 14 amide bonds. The number of carbonyl (C=O) groups excluding carboxylic acids is 15. The summed E-state index contributed by atoms with van der Waals surface area (Å²) in [6, 6.07) is -7.37. The molecule has 0 aliphatic carbocycles. The molecule has 1 aromatic heterocycles. The highest BCUT2D eigenvalue weighted by Crippen LogP contribution is 2.29. The van der Waals surface area contributed by atoms with Gasteiger partial charge in [-0.1, -0.05) is 94.7 Å². The van der Waals surface area contributed by atoms with E-state index in [4.69, 9.17) is 21.9 Å². The zero-order valence-corrected chi connectivity index (χ0v) is 68.2. The average Bonchev–Trinajstić information content (AvgIpc) is 1.78. The van der Waals surface area contributed by atoms with Gasteiger partial charge in [-0.25, -0.2) is 4.79 Å². The predicted octanol–water partition coefficient (Wildman–Crippen LogP) is -2.60. The van der Waals surface area contributed by atoms with Gasteiger partial charge in [0, 0.05) is 67.5 Å². The zero-order valence-electron chi connectivity index (χ0n) is 65.8. The minimum absolute atomic E-state index is 0.00395. The second kappa shape index (κ2) is 42.0. The van der Waals surface area contributed by atoms with Crippen LogP contribution in [0.5, 0.6) is 0 Å². The molecule has 0 bridgehead atoms. The first-order valence-corrected chi connectivity index (χ1v) is 40.2. The number of nitrogens with one attached hydrogen (secondary N) is 11. The Morgan fingerprint density at radius 3 is 2.02 bits per heavy atom. The highest BCUT2D eigenvalue weighted by atomic mass is 79.9. The van der Waals surface area contributed by atoms with Crippen LogP contribution in [0.3, 0.4) is 0 Å². The number of carbonyl (C=O) groups is 16. The molecule has 3 aliphatic heterocycles. The lowest BCUT2D eigenvalue weighted by Gasteiger charge is -2.36. The topological polar surface area (TPSA) is 593 Å². The Balaban J connectivity index is 1.34. The van der Waals surface area contributed by atoms with E-state index in [0.29, 0.717) is 39.8 Å². The van der Waals surface area contributed by atoms with E-state index >= 15 is 19.2 Å². The maximum atomic E-state index is 15.3. The summed E-state index contributed by atoms with van der Waals surface area (Å²) in [7, 11) is -4.39. The normalized spacial score (nSPS) is 21.0. The maximum Gasteiger partial charge on any atom is 0.329 e. The van der Waals surface area contributed by atoms with Crippen LogP contribution in [0, 0.1) is 17.3 Å². The summed E-state index contributed by atoms with van der Waals surface area (Å²) in [6.45, 7) is 13.7. The quantitative estimate of drug-likeness (QED) is 0.00709. The second-order valence-electron chi connectivity index (χ2n) is 30.2. The van der Waals surface area contributed by atoms with Gasteiger partial charge in [0.05, 0.1) is 6.42 Å². The molecule has 3 aromatic rings. The molecule has 6 rings (SSSR count). The molecule has 19 N–H and O–H groups in total. The lowest BCUT2D eigenvalue weighted by Crippen LogP contribution is -2.64. The summed E-state index contributed by atoms with van der Waals surface area (Å²) in [5.41, 5.74) is 17.3. The Bertz CT molecular complexity index is 4230. The molecule has 632 valence electrons. The van der Waals surface area contributed by atoms with Gasteiger partial charge in [0.25, 0.3) is 10.1 Å². The molecule has 0 saturated carbocycles. The van der Waals surface area contributed by atoms with Crippen molar-refractivity contribution in [2.45, 2.75) is 224 Å². The third-order valence-electron chi connectivity index (χ3n) is 20.5. The fourth-order valence-electron chi connectivity index (χ4n) is 13.6. The van der Waals surface area contributed by atoms with Gasteiger partial charge >= 0.3 is 11.9 Å². The number of esters is 1. The standard InChI is InChI=1S/C74H107BrN18O21S/c1-11-74(8,9)59(90-67(105)56(37(2)3)87-66(104)53-21-15-29-92(53)69(107)48(84-60(98)39(6)81-36-94)31-41-22-24-43(75)25-23-41)68(106)83-47(32-42-34-80-45-18-13-12-17-44(42)45)62(100)82-46(19-14-28-79-73(77)78)61(99)86-50(35-115(111,112)113)63(101)89-58-40(7)114-72(110)49(33-55(96)97)85-65(103)52-20-16-30-93(52)71(109)57(38(4)5)88-64(102)51(26-27-54(76)95)91(10)70(58)108/h12-13,17-18,22-25,34,36-40,46-53,56-59,80H,11,14-16,19-21,26-33,35H2,1-10H3,(H2,76,95)(H,81,94)(H,82,100)(H,83,106)(H,84,98)(H,85,103)(H,86,99)(H,87,104)(H,88,102)(H,89,101)(H,90,105)(H,96,97)(H4,77,78,79)(H,111,112,113). The third kappa shape index (κ3) is 26.3. The number of hydrogen-bond donors (Lipinski definition) is 16. The van der Waals surface area contributed by atoms with Crippen molar-refractivity contribution in [3.05, 3.63) is 70.3 Å². The number of rotatable bonds is 36. The maximum absolute atomic E-state index is 15.3. The van der Waals surface area contributed by atoms with E-state index in [1.165, 1.54) is 11.8 Å². The van der Waals surface area contributed by atoms with Crippen LogP contribution in [0.25, 0.3) is 10.9 Å². The van der Waals surface area contributed by atoms with Crippen molar-refractivity contribution < 1.29 is 99.5 Å². The number of amides is 14. The van der Waals surface area contributed by atoms with Gasteiger partial charge in [0.1, 0.15) is 90.4 Å². The number of ether oxygens (including phenoxy) is 1. The fraction of sp³-hybridized carbons (Fsp3) is 0.581. The number of aromatic nitrogens is 1. The number of aliphatic carboxylic acids is 1. The largest absolute Gasteiger partial charge is 0.481 e. The van der Waals surface area contributed by atoms with Crippen LogP contribution in [0.1, 0.15) is 138 Å².